The van der Waals surface area contributed by atoms with Gasteiger partial charge in [0.25, 0.3) is 0 Å². The van der Waals surface area contributed by atoms with Crippen LogP contribution in [0.15, 0.2) is 42.7 Å². The van der Waals surface area contributed by atoms with Crippen molar-refractivity contribution in [1.29, 1.82) is 0 Å². The van der Waals surface area contributed by atoms with E-state index in [0.29, 0.717) is 25.9 Å². The smallest absolute Gasteiger partial charge is 0.242 e. The molecule has 0 unspecified atom stereocenters. The number of amides is 1. The number of nitrogens with zero attached hydrogens (tertiary/aromatic N) is 3. The van der Waals surface area contributed by atoms with Crippen LogP contribution >= 0.6 is 0 Å². The summed E-state index contributed by atoms with van der Waals surface area (Å²) < 4.78 is 1.86. The molecule has 1 saturated heterocycles. The summed E-state index contributed by atoms with van der Waals surface area (Å²) in [6, 6.07) is 9.80. The van der Waals surface area contributed by atoms with Crippen molar-refractivity contribution in [2.75, 3.05) is 13.1 Å². The number of likely N-dealkylation sites (tertiary alicyclic amines) is 1. The van der Waals surface area contributed by atoms with Gasteiger partial charge in [-0.3, -0.25) is 9.59 Å². The summed E-state index contributed by atoms with van der Waals surface area (Å²) in [4.78, 5) is 29.7. The zero-order valence-electron chi connectivity index (χ0n) is 11.7. The first-order valence-corrected chi connectivity index (χ1v) is 7.10. The number of Topliss-reactive ketones (excluding diaryl/α,β-unsaturated/α-hetero) is 1. The number of aromatic nitrogens is 2. The molecule has 1 aromatic heterocycles. The maximum Gasteiger partial charge on any atom is 0.242 e. The molecular weight excluding hydrogens is 266 g/mol. The highest BCUT2D eigenvalue weighted by Gasteiger charge is 2.21. The van der Waals surface area contributed by atoms with E-state index < -0.39 is 0 Å². The molecule has 0 radical (unpaired) electrons. The molecule has 2 aromatic rings. The van der Waals surface area contributed by atoms with Crippen molar-refractivity contribution >= 4 is 11.7 Å². The van der Waals surface area contributed by atoms with E-state index in [-0.39, 0.29) is 18.2 Å². The molecule has 0 bridgehead atoms. The quantitative estimate of drug-likeness (QED) is 0.862. The number of hydrogen-bond donors (Lipinski definition) is 0. The summed E-state index contributed by atoms with van der Waals surface area (Å²) in [7, 11) is 0. The monoisotopic (exact) mass is 283 g/mol. The number of imidazole rings is 1. The molecule has 1 aromatic carbocycles. The second-order valence-corrected chi connectivity index (χ2v) is 5.16. The van der Waals surface area contributed by atoms with E-state index in [1.54, 1.807) is 11.1 Å². The van der Waals surface area contributed by atoms with E-state index in [1.807, 2.05) is 41.1 Å². The van der Waals surface area contributed by atoms with Gasteiger partial charge in [-0.15, -0.1) is 0 Å². The molecule has 0 aliphatic carbocycles. The molecule has 0 saturated carbocycles. The summed E-state index contributed by atoms with van der Waals surface area (Å²) in [6.45, 7) is 1.33. The Morgan fingerprint density at radius 2 is 1.86 bits per heavy atom. The Bertz CT molecular complexity index is 639. The highest BCUT2D eigenvalue weighted by atomic mass is 16.2. The molecule has 5 heteroatoms. The molecule has 1 aliphatic rings. The average molecular weight is 283 g/mol. The largest absolute Gasteiger partial charge is 0.340 e. The van der Waals surface area contributed by atoms with Crippen LogP contribution in [0.4, 0.5) is 0 Å². The second kappa shape index (κ2) is 5.91. The fourth-order valence-electron chi connectivity index (χ4n) is 2.54. The lowest BCUT2D eigenvalue weighted by Crippen LogP contribution is -2.40. The van der Waals surface area contributed by atoms with E-state index in [0.717, 1.165) is 11.4 Å². The Kier molecular flexibility index (Phi) is 3.81. The molecule has 0 N–H and O–H groups in total. The number of rotatable bonds is 3. The Labute approximate surface area is 123 Å². The molecule has 2 heterocycles. The molecule has 1 fully saturated rings. The van der Waals surface area contributed by atoms with Crippen molar-refractivity contribution in [3.63, 3.8) is 0 Å². The van der Waals surface area contributed by atoms with E-state index in [4.69, 9.17) is 0 Å². The Balaban J connectivity index is 1.73. The summed E-state index contributed by atoms with van der Waals surface area (Å²) in [6.07, 6.45) is 4.47. The zero-order valence-corrected chi connectivity index (χ0v) is 11.7. The standard InChI is InChI=1S/C16H17N3O2/c20-14-6-9-18(10-7-14)15(21)12-19-11-8-17-16(19)13-4-2-1-3-5-13/h1-5,8,11H,6-7,9-10,12H2. The molecule has 1 aliphatic heterocycles. The van der Waals surface area contributed by atoms with Crippen LogP contribution in [0.3, 0.4) is 0 Å². The second-order valence-electron chi connectivity index (χ2n) is 5.16. The van der Waals surface area contributed by atoms with Crippen molar-refractivity contribution in [1.82, 2.24) is 14.5 Å². The SMILES string of the molecule is O=C1CCN(C(=O)Cn2ccnc2-c2ccccc2)CC1. The number of carbonyl (C=O) groups excluding carboxylic acids is 2. The van der Waals surface area contributed by atoms with Crippen molar-refractivity contribution in [2.45, 2.75) is 19.4 Å². The molecule has 3 rings (SSSR count). The number of benzene rings is 1. The fraction of sp³-hybridized carbons (Fsp3) is 0.312. The van der Waals surface area contributed by atoms with Crippen LogP contribution in [0, 0.1) is 0 Å². The summed E-state index contributed by atoms with van der Waals surface area (Å²) in [5, 5.41) is 0. The maximum atomic E-state index is 12.3. The average Bonchev–Trinajstić information content (AvgIpc) is 2.97. The van der Waals surface area contributed by atoms with Crippen LogP contribution in [0.1, 0.15) is 12.8 Å². The number of hydrogen-bond acceptors (Lipinski definition) is 3. The Hall–Kier alpha value is -2.43. The van der Waals surface area contributed by atoms with Gasteiger partial charge in [0.2, 0.25) is 5.91 Å². The van der Waals surface area contributed by atoms with Gasteiger partial charge in [0.05, 0.1) is 0 Å². The Morgan fingerprint density at radius 3 is 2.57 bits per heavy atom. The van der Waals surface area contributed by atoms with Gasteiger partial charge >= 0.3 is 0 Å². The van der Waals surface area contributed by atoms with E-state index >= 15 is 0 Å². The lowest BCUT2D eigenvalue weighted by Gasteiger charge is -2.26. The lowest BCUT2D eigenvalue weighted by atomic mass is 10.1. The van der Waals surface area contributed by atoms with Crippen molar-refractivity contribution in [3.8, 4) is 11.4 Å². The summed E-state index contributed by atoms with van der Waals surface area (Å²) >= 11 is 0. The van der Waals surface area contributed by atoms with E-state index in [2.05, 4.69) is 4.98 Å². The predicted octanol–water partition coefficient (Wildman–Crippen LogP) is 1.74. The van der Waals surface area contributed by atoms with Gasteiger partial charge in [0, 0.05) is 43.9 Å². The van der Waals surface area contributed by atoms with Gasteiger partial charge < -0.3 is 9.47 Å². The van der Waals surface area contributed by atoms with Gasteiger partial charge in [-0.05, 0) is 0 Å². The van der Waals surface area contributed by atoms with Crippen LogP contribution in [-0.2, 0) is 16.1 Å². The normalized spacial score (nSPS) is 15.2. The predicted molar refractivity (Wildman–Crippen MR) is 78.5 cm³/mol. The van der Waals surface area contributed by atoms with Crippen LogP contribution in [0.5, 0.6) is 0 Å². The minimum Gasteiger partial charge on any atom is -0.340 e. The molecular formula is C16H17N3O2. The first-order chi connectivity index (χ1) is 10.2. The van der Waals surface area contributed by atoms with Gasteiger partial charge in [-0.1, -0.05) is 30.3 Å². The first-order valence-electron chi connectivity index (χ1n) is 7.10. The van der Waals surface area contributed by atoms with Gasteiger partial charge in [-0.25, -0.2) is 4.98 Å². The van der Waals surface area contributed by atoms with Crippen molar-refractivity contribution < 1.29 is 9.59 Å². The van der Waals surface area contributed by atoms with Gasteiger partial charge in [-0.2, -0.15) is 0 Å². The lowest BCUT2D eigenvalue weighted by molar-refractivity contribution is -0.135. The molecule has 0 atom stereocenters. The molecule has 0 spiro atoms. The van der Waals surface area contributed by atoms with Gasteiger partial charge in [0.15, 0.2) is 0 Å². The highest BCUT2D eigenvalue weighted by Crippen LogP contribution is 2.17. The van der Waals surface area contributed by atoms with Crippen LogP contribution in [0.2, 0.25) is 0 Å². The van der Waals surface area contributed by atoms with Crippen molar-refractivity contribution in [3.05, 3.63) is 42.7 Å². The first kappa shape index (κ1) is 13.5. The van der Waals surface area contributed by atoms with Crippen LogP contribution in [-0.4, -0.2) is 39.2 Å². The third kappa shape index (κ3) is 3.02. The molecule has 5 nitrogen and oxygen atoms in total. The number of ketones is 1. The molecule has 21 heavy (non-hydrogen) atoms. The molecule has 108 valence electrons. The fourth-order valence-corrected chi connectivity index (χ4v) is 2.54. The van der Waals surface area contributed by atoms with E-state index in [1.165, 1.54) is 0 Å². The third-order valence-corrected chi connectivity index (χ3v) is 3.73. The van der Waals surface area contributed by atoms with Crippen molar-refractivity contribution in [2.24, 2.45) is 0 Å². The topological polar surface area (TPSA) is 55.2 Å². The highest BCUT2D eigenvalue weighted by molar-refractivity contribution is 5.83. The molecule has 1 amide bonds. The minimum atomic E-state index is 0.0395. The number of carbonyl (C=O) groups is 2. The minimum absolute atomic E-state index is 0.0395. The summed E-state index contributed by atoms with van der Waals surface area (Å²) in [5.74, 6) is 1.07. The number of piperidine rings is 1. The third-order valence-electron chi connectivity index (χ3n) is 3.73. The zero-order chi connectivity index (χ0) is 14.7. The van der Waals surface area contributed by atoms with E-state index in [9.17, 15) is 9.59 Å². The Morgan fingerprint density at radius 1 is 1.14 bits per heavy atom. The van der Waals surface area contributed by atoms with Gasteiger partial charge in [0.1, 0.15) is 18.2 Å². The summed E-state index contributed by atoms with van der Waals surface area (Å²) in [5.41, 5.74) is 0.990. The maximum absolute atomic E-state index is 12.3. The van der Waals surface area contributed by atoms with Crippen LogP contribution in [0.25, 0.3) is 11.4 Å². The van der Waals surface area contributed by atoms with Crippen LogP contribution < -0.4 is 0 Å².